The Morgan fingerprint density at radius 2 is 2.12 bits per heavy atom. The highest BCUT2D eigenvalue weighted by atomic mass is 16.6. The van der Waals surface area contributed by atoms with Gasteiger partial charge in [0, 0.05) is 5.56 Å². The Morgan fingerprint density at radius 3 is 2.81 bits per heavy atom. The Morgan fingerprint density at radius 1 is 1.31 bits per heavy atom. The molecule has 0 fully saturated rings. The maximum Gasteiger partial charge on any atom is 0.390 e. The summed E-state index contributed by atoms with van der Waals surface area (Å²) in [7, 11) is 0. The van der Waals surface area contributed by atoms with E-state index in [1.54, 1.807) is 24.3 Å². The minimum atomic E-state index is -0.593. The summed E-state index contributed by atoms with van der Waals surface area (Å²) in [4.78, 5) is 17.9. The van der Waals surface area contributed by atoms with Crippen LogP contribution in [0.5, 0.6) is 5.75 Å². The van der Waals surface area contributed by atoms with E-state index in [0.29, 0.717) is 11.3 Å². The minimum Gasteiger partial charge on any atom is -0.469 e. The van der Waals surface area contributed by atoms with E-state index in [-0.39, 0.29) is 35.6 Å². The zero-order valence-corrected chi connectivity index (χ0v) is 13.2. The van der Waals surface area contributed by atoms with Crippen molar-refractivity contribution in [2.45, 2.75) is 6.73 Å². The number of hydrogen-bond donors (Lipinski definition) is 2. The first kappa shape index (κ1) is 16.7. The van der Waals surface area contributed by atoms with E-state index in [0.717, 1.165) is 0 Å². The highest BCUT2D eigenvalue weighted by Crippen LogP contribution is 2.28. The quantitative estimate of drug-likeness (QED) is 0.507. The number of rotatable bonds is 5. The molecule has 0 saturated heterocycles. The Hall–Kier alpha value is -4.20. The Labute approximate surface area is 146 Å². The van der Waals surface area contributed by atoms with Crippen LogP contribution < -0.4 is 16.2 Å². The van der Waals surface area contributed by atoms with E-state index >= 15 is 0 Å². The number of nitriles is 1. The highest BCUT2D eigenvalue weighted by molar-refractivity contribution is 5.73. The minimum absolute atomic E-state index is 0.00910. The smallest absolute Gasteiger partial charge is 0.390 e. The van der Waals surface area contributed by atoms with Crippen LogP contribution in [0.4, 0.5) is 17.6 Å². The van der Waals surface area contributed by atoms with Gasteiger partial charge in [0.25, 0.3) is 0 Å². The predicted molar refractivity (Wildman–Crippen MR) is 90.5 cm³/mol. The van der Waals surface area contributed by atoms with Crippen molar-refractivity contribution >= 4 is 17.6 Å². The van der Waals surface area contributed by atoms with Gasteiger partial charge in [0.1, 0.15) is 23.2 Å². The van der Waals surface area contributed by atoms with Crippen molar-refractivity contribution in [3.8, 4) is 23.1 Å². The van der Waals surface area contributed by atoms with Crippen molar-refractivity contribution < 1.29 is 9.66 Å². The van der Waals surface area contributed by atoms with Gasteiger partial charge in [0.2, 0.25) is 12.7 Å². The van der Waals surface area contributed by atoms with Crippen LogP contribution in [0.1, 0.15) is 5.56 Å². The second-order valence-corrected chi connectivity index (χ2v) is 5.07. The van der Waals surface area contributed by atoms with Gasteiger partial charge < -0.3 is 26.3 Å². The number of aromatic nitrogens is 4. The summed E-state index contributed by atoms with van der Waals surface area (Å²) < 4.78 is 6.85. The molecule has 0 unspecified atom stereocenters. The SMILES string of the molecule is N#Cc1c(N)nc(N)nc1-c1cccc(OCn2ccc([N+](=O)[O-])n2)c1. The molecule has 3 rings (SSSR count). The van der Waals surface area contributed by atoms with Crippen molar-refractivity contribution in [2.75, 3.05) is 11.5 Å². The molecule has 0 saturated carbocycles. The molecule has 26 heavy (non-hydrogen) atoms. The maximum absolute atomic E-state index is 10.6. The fraction of sp³-hybridized carbons (Fsp3) is 0.0667. The summed E-state index contributed by atoms with van der Waals surface area (Å²) in [6.45, 7) is -0.0313. The van der Waals surface area contributed by atoms with Crippen LogP contribution in [0, 0.1) is 21.4 Å². The molecule has 130 valence electrons. The van der Waals surface area contributed by atoms with Gasteiger partial charge in [0.15, 0.2) is 0 Å². The van der Waals surface area contributed by atoms with E-state index in [2.05, 4.69) is 15.1 Å². The average Bonchev–Trinajstić information content (AvgIpc) is 3.09. The zero-order valence-electron chi connectivity index (χ0n) is 13.2. The maximum atomic E-state index is 10.6. The lowest BCUT2D eigenvalue weighted by atomic mass is 10.1. The van der Waals surface area contributed by atoms with Gasteiger partial charge in [-0.25, -0.2) is 4.98 Å². The Bertz CT molecular complexity index is 1020. The summed E-state index contributed by atoms with van der Waals surface area (Å²) in [6, 6.07) is 9.96. The van der Waals surface area contributed by atoms with Crippen molar-refractivity contribution in [2.24, 2.45) is 0 Å². The lowest BCUT2D eigenvalue weighted by Crippen LogP contribution is -2.07. The van der Waals surface area contributed by atoms with Gasteiger partial charge >= 0.3 is 5.82 Å². The topological polar surface area (TPSA) is 172 Å². The molecule has 0 aliphatic rings. The lowest BCUT2D eigenvalue weighted by Gasteiger charge is -2.09. The molecule has 11 heteroatoms. The molecular formula is C15H12N8O3. The van der Waals surface area contributed by atoms with Crippen LogP contribution in [0.25, 0.3) is 11.3 Å². The van der Waals surface area contributed by atoms with Gasteiger partial charge in [-0.3, -0.25) is 0 Å². The standard InChI is InChI=1S/C15H12N8O3/c16-7-11-13(19-15(18)20-14(11)17)9-2-1-3-10(6-9)26-8-22-5-4-12(21-22)23(24)25/h1-6H,8H2,(H4,17,18,19,20). The summed E-state index contributed by atoms with van der Waals surface area (Å²) in [6.07, 6.45) is 1.43. The van der Waals surface area contributed by atoms with Gasteiger partial charge in [-0.1, -0.05) is 12.1 Å². The van der Waals surface area contributed by atoms with Crippen molar-refractivity contribution in [1.29, 1.82) is 5.26 Å². The first-order valence-corrected chi connectivity index (χ1v) is 7.22. The number of nitrogens with two attached hydrogens (primary N) is 2. The molecule has 1 aromatic carbocycles. The molecule has 0 aliphatic heterocycles. The third-order valence-electron chi connectivity index (χ3n) is 3.35. The number of hydrogen-bond acceptors (Lipinski definition) is 9. The molecule has 0 spiro atoms. The summed E-state index contributed by atoms with van der Waals surface area (Å²) in [5.41, 5.74) is 12.3. The van der Waals surface area contributed by atoms with Crippen molar-refractivity contribution in [1.82, 2.24) is 19.7 Å². The largest absolute Gasteiger partial charge is 0.469 e. The van der Waals surface area contributed by atoms with Gasteiger partial charge in [-0.2, -0.15) is 10.2 Å². The zero-order chi connectivity index (χ0) is 18.7. The third kappa shape index (κ3) is 3.34. The number of ether oxygens (including phenoxy) is 1. The van der Waals surface area contributed by atoms with E-state index in [1.807, 2.05) is 6.07 Å². The van der Waals surface area contributed by atoms with Crippen LogP contribution in [-0.2, 0) is 6.73 Å². The predicted octanol–water partition coefficient (Wildman–Crippen LogP) is 1.32. The van der Waals surface area contributed by atoms with Gasteiger partial charge in [0.05, 0.1) is 23.1 Å². The van der Waals surface area contributed by atoms with Crippen molar-refractivity contribution in [3.63, 3.8) is 0 Å². The number of nitrogens with zero attached hydrogens (tertiary/aromatic N) is 6. The second-order valence-electron chi connectivity index (χ2n) is 5.07. The molecule has 0 atom stereocenters. The first-order chi connectivity index (χ1) is 12.5. The normalized spacial score (nSPS) is 10.3. The molecule has 2 heterocycles. The third-order valence-corrected chi connectivity index (χ3v) is 3.35. The van der Waals surface area contributed by atoms with Gasteiger partial charge in [-0.15, -0.1) is 4.68 Å². The van der Waals surface area contributed by atoms with Crippen LogP contribution >= 0.6 is 0 Å². The molecule has 2 aromatic heterocycles. The molecular weight excluding hydrogens is 340 g/mol. The van der Waals surface area contributed by atoms with E-state index in [9.17, 15) is 15.4 Å². The fourth-order valence-corrected chi connectivity index (χ4v) is 2.21. The molecule has 0 radical (unpaired) electrons. The highest BCUT2D eigenvalue weighted by Gasteiger charge is 2.14. The molecule has 0 amide bonds. The summed E-state index contributed by atoms with van der Waals surface area (Å²) in [5.74, 6) is 0.116. The van der Waals surface area contributed by atoms with Crippen LogP contribution in [0.2, 0.25) is 0 Å². The van der Waals surface area contributed by atoms with E-state index in [1.165, 1.54) is 16.9 Å². The lowest BCUT2D eigenvalue weighted by molar-refractivity contribution is -0.389. The molecule has 0 aliphatic carbocycles. The number of nitro groups is 1. The number of nitrogen functional groups attached to an aromatic ring is 2. The molecule has 0 bridgehead atoms. The van der Waals surface area contributed by atoms with Crippen molar-refractivity contribution in [3.05, 3.63) is 52.2 Å². The van der Waals surface area contributed by atoms with Gasteiger partial charge in [-0.05, 0) is 17.1 Å². The van der Waals surface area contributed by atoms with E-state index < -0.39 is 4.92 Å². The fourth-order valence-electron chi connectivity index (χ4n) is 2.21. The number of anilines is 2. The average molecular weight is 352 g/mol. The Balaban J connectivity index is 1.85. The number of benzene rings is 1. The van der Waals surface area contributed by atoms with Crippen LogP contribution in [-0.4, -0.2) is 24.7 Å². The van der Waals surface area contributed by atoms with Crippen LogP contribution in [0.3, 0.4) is 0 Å². The molecule has 11 nitrogen and oxygen atoms in total. The first-order valence-electron chi connectivity index (χ1n) is 7.22. The molecule has 4 N–H and O–H groups in total. The van der Waals surface area contributed by atoms with Crippen LogP contribution in [0.15, 0.2) is 36.5 Å². The monoisotopic (exact) mass is 352 g/mol. The second kappa shape index (κ2) is 6.73. The summed E-state index contributed by atoms with van der Waals surface area (Å²) >= 11 is 0. The van der Waals surface area contributed by atoms with E-state index in [4.69, 9.17) is 16.2 Å². The molecule has 3 aromatic rings. The Kier molecular flexibility index (Phi) is 4.31. The summed E-state index contributed by atoms with van der Waals surface area (Å²) in [5, 5.41) is 23.7.